The van der Waals surface area contributed by atoms with Crippen molar-refractivity contribution in [3.05, 3.63) is 29.8 Å². The van der Waals surface area contributed by atoms with Gasteiger partial charge in [0.2, 0.25) is 0 Å². The molecule has 14 heteroatoms. The Morgan fingerprint density at radius 2 is 1.42 bits per heavy atom. The number of para-hydroxylation sites is 1. The fraction of sp³-hybridized carbons (Fsp3) is 0.167. The fourth-order valence-corrected chi connectivity index (χ4v) is 0.887. The van der Waals surface area contributed by atoms with Crippen molar-refractivity contribution in [2.45, 2.75) is 6.92 Å². The first-order valence-electron chi connectivity index (χ1n) is 5.40. The number of carboxylic acids is 2. The number of carbonyl (C=O) groups excluding carboxylic acids is 3. The van der Waals surface area contributed by atoms with E-state index in [4.69, 9.17) is 30.0 Å². The standard InChI is InChI=1S/C9H8O4.C2H5NO2.CH2O3.Al.Mg.2H2O/c1-6(10)13-8-5-3-2-4-7(8)9(11)12;3-1-2(4)5;2-1(3)4;;;;/h2-5H,1H3,(H,11,12);1,3H2,(H,4,5);(H2,2,3,4);;;2*1H2/q;;;;+2;;/p-5. The summed E-state index contributed by atoms with van der Waals surface area (Å²) in [5.74, 6) is -2.79. The largest absolute Gasteiger partial charge is 2.00 e. The third-order valence-corrected chi connectivity index (χ3v) is 1.54. The minimum absolute atomic E-state index is 0. The second-order valence-corrected chi connectivity index (χ2v) is 3.22. The van der Waals surface area contributed by atoms with Gasteiger partial charge in [0.1, 0.15) is 11.3 Å². The van der Waals surface area contributed by atoms with Crippen LogP contribution in [0.4, 0.5) is 4.79 Å². The van der Waals surface area contributed by atoms with E-state index in [0.717, 1.165) is 0 Å². The van der Waals surface area contributed by atoms with Crippen LogP contribution in [0.2, 0.25) is 0 Å². The number of nitrogens with two attached hydrogens (primary N) is 1. The maximum atomic E-state index is 10.6. The molecule has 0 bridgehead atoms. The van der Waals surface area contributed by atoms with Gasteiger partial charge in [0, 0.05) is 30.8 Å². The van der Waals surface area contributed by atoms with Crippen molar-refractivity contribution in [1.29, 1.82) is 0 Å². The van der Waals surface area contributed by atoms with Crippen molar-refractivity contribution in [2.75, 3.05) is 6.54 Å². The summed E-state index contributed by atoms with van der Waals surface area (Å²) in [6.07, 6.45) is -2.33. The van der Waals surface area contributed by atoms with Gasteiger partial charge >= 0.3 is 35.0 Å². The van der Waals surface area contributed by atoms with Gasteiger partial charge in [0.25, 0.3) is 0 Å². The van der Waals surface area contributed by atoms with Crippen molar-refractivity contribution in [3.8, 4) is 5.75 Å². The summed E-state index contributed by atoms with van der Waals surface area (Å²) in [6, 6.07) is 5.98. The second kappa shape index (κ2) is 23.1. The Labute approximate surface area is 174 Å². The molecular weight excluding hydrogens is 385 g/mol. The van der Waals surface area contributed by atoms with Crippen molar-refractivity contribution < 1.29 is 55.3 Å². The Morgan fingerprint density at radius 3 is 1.69 bits per heavy atom. The molecule has 0 saturated carbocycles. The van der Waals surface area contributed by atoms with Crippen molar-refractivity contribution >= 4 is 64.5 Å². The van der Waals surface area contributed by atoms with Crippen LogP contribution in [-0.2, 0) is 9.59 Å². The number of benzene rings is 1. The Bertz CT molecular complexity index is 538. The van der Waals surface area contributed by atoms with Gasteiger partial charge in [-0.3, -0.25) is 4.79 Å². The number of ether oxygens (including phenoxy) is 1. The molecule has 5 N–H and O–H groups in total. The van der Waals surface area contributed by atoms with Crippen molar-refractivity contribution in [2.24, 2.45) is 5.73 Å². The zero-order valence-corrected chi connectivity index (χ0v) is 16.1. The SMILES string of the molecule is CC(=O)Oc1ccccc1C(=O)O.NCC(=O)[O-].O=C([O-])[O-].[Al].[Mg+2].[OH-].[OH-]. The summed E-state index contributed by atoms with van der Waals surface area (Å²) in [4.78, 5) is 38.7. The van der Waals surface area contributed by atoms with E-state index in [9.17, 15) is 9.59 Å². The summed E-state index contributed by atoms with van der Waals surface area (Å²) in [6.45, 7) is 0.832. The molecule has 0 spiro atoms. The molecule has 3 radical (unpaired) electrons. The van der Waals surface area contributed by atoms with Crippen LogP contribution in [0, 0.1) is 0 Å². The summed E-state index contributed by atoms with van der Waals surface area (Å²) < 4.78 is 4.69. The van der Waals surface area contributed by atoms with Gasteiger partial charge in [0.05, 0.1) is 5.97 Å². The molecule has 0 atom stereocenters. The minimum atomic E-state index is -2.33. The first-order valence-corrected chi connectivity index (χ1v) is 5.40. The minimum Gasteiger partial charge on any atom is -0.870 e. The van der Waals surface area contributed by atoms with E-state index < -0.39 is 24.1 Å². The number of hydrogen-bond acceptors (Lipinski definition) is 11. The molecule has 0 saturated heterocycles. The van der Waals surface area contributed by atoms with Gasteiger partial charge in [-0.15, -0.1) is 0 Å². The van der Waals surface area contributed by atoms with Crippen LogP contribution in [0.15, 0.2) is 24.3 Å². The molecular formula is C12H14AlMgNO11-3. The molecule has 12 nitrogen and oxygen atoms in total. The molecule has 1 aromatic carbocycles. The van der Waals surface area contributed by atoms with E-state index in [1.165, 1.54) is 19.1 Å². The van der Waals surface area contributed by atoms with Crippen LogP contribution in [0.25, 0.3) is 0 Å². The third kappa shape index (κ3) is 27.0. The number of rotatable bonds is 3. The quantitative estimate of drug-likeness (QED) is 0.276. The Balaban J connectivity index is -0.0000000663. The number of hydrogen-bond donors (Lipinski definition) is 2. The van der Waals surface area contributed by atoms with E-state index in [-0.39, 0.29) is 69.2 Å². The maximum Gasteiger partial charge on any atom is 2.00 e. The molecule has 0 amide bonds. The van der Waals surface area contributed by atoms with E-state index in [1.807, 2.05) is 0 Å². The van der Waals surface area contributed by atoms with Crippen LogP contribution in [0.3, 0.4) is 0 Å². The molecule has 141 valence electrons. The Morgan fingerprint density at radius 1 is 1.08 bits per heavy atom. The summed E-state index contributed by atoms with van der Waals surface area (Å²) in [7, 11) is 0. The van der Waals surface area contributed by atoms with Crippen LogP contribution in [-0.4, -0.2) is 87.1 Å². The number of esters is 1. The average molecular weight is 400 g/mol. The Hall–Kier alpha value is -1.92. The van der Waals surface area contributed by atoms with Gasteiger partial charge < -0.3 is 51.4 Å². The van der Waals surface area contributed by atoms with Gasteiger partial charge in [-0.1, -0.05) is 12.1 Å². The number of aliphatic carboxylic acids is 1. The Kier molecular flexibility index (Phi) is 34.8. The van der Waals surface area contributed by atoms with Crippen LogP contribution in [0.1, 0.15) is 17.3 Å². The fourth-order valence-electron chi connectivity index (χ4n) is 0.887. The molecule has 0 unspecified atom stereocenters. The molecule has 1 aromatic rings. The van der Waals surface area contributed by atoms with E-state index >= 15 is 0 Å². The summed E-state index contributed by atoms with van der Waals surface area (Å²) in [5, 5.41) is 34.5. The van der Waals surface area contributed by atoms with Crippen LogP contribution < -0.4 is 25.8 Å². The first-order chi connectivity index (χ1) is 10.1. The third-order valence-electron chi connectivity index (χ3n) is 1.54. The van der Waals surface area contributed by atoms with Crippen LogP contribution in [0.5, 0.6) is 5.75 Å². The van der Waals surface area contributed by atoms with E-state index in [0.29, 0.717) is 0 Å². The molecule has 0 heterocycles. The van der Waals surface area contributed by atoms with Crippen molar-refractivity contribution in [1.82, 2.24) is 0 Å². The topological polar surface area (TPSA) is 253 Å². The van der Waals surface area contributed by atoms with Gasteiger partial charge in [-0.2, -0.15) is 0 Å². The molecule has 0 aliphatic heterocycles. The first kappa shape index (κ1) is 39.2. The number of carbonyl (C=O) groups is 4. The number of carboxylic acid groups (broad SMARTS) is 4. The van der Waals surface area contributed by atoms with Gasteiger partial charge in [-0.25, -0.2) is 4.79 Å². The average Bonchev–Trinajstić information content (AvgIpc) is 2.38. The summed E-state index contributed by atoms with van der Waals surface area (Å²) >= 11 is 0. The molecule has 26 heavy (non-hydrogen) atoms. The predicted octanol–water partition coefficient (Wildman–Crippen LogP) is -4.56. The molecule has 0 aromatic heterocycles. The van der Waals surface area contributed by atoms with E-state index in [1.54, 1.807) is 12.1 Å². The van der Waals surface area contributed by atoms with Crippen molar-refractivity contribution in [3.63, 3.8) is 0 Å². The zero-order valence-electron chi connectivity index (χ0n) is 13.5. The maximum absolute atomic E-state index is 10.6. The van der Waals surface area contributed by atoms with E-state index in [2.05, 4.69) is 10.5 Å². The van der Waals surface area contributed by atoms with Gasteiger partial charge in [-0.05, 0) is 18.3 Å². The summed E-state index contributed by atoms with van der Waals surface area (Å²) in [5.41, 5.74) is 4.49. The molecule has 0 aliphatic carbocycles. The molecule has 0 aliphatic rings. The van der Waals surface area contributed by atoms with Crippen LogP contribution >= 0.6 is 0 Å². The molecule has 0 fully saturated rings. The monoisotopic (exact) mass is 399 g/mol. The second-order valence-electron chi connectivity index (χ2n) is 3.22. The zero-order chi connectivity index (χ0) is 17.7. The number of aromatic carboxylic acids is 1. The smallest absolute Gasteiger partial charge is 0.870 e. The predicted molar refractivity (Wildman–Crippen MR) is 79.5 cm³/mol. The molecule has 1 rings (SSSR count). The normalized spacial score (nSPS) is 7.00. The van der Waals surface area contributed by atoms with Gasteiger partial charge in [0.15, 0.2) is 0 Å².